The number of rotatable bonds is 8. The van der Waals surface area contributed by atoms with Crippen molar-refractivity contribution in [3.63, 3.8) is 0 Å². The highest BCUT2D eigenvalue weighted by Crippen LogP contribution is 2.37. The fourth-order valence-corrected chi connectivity index (χ4v) is 5.66. The molecule has 0 aliphatic carbocycles. The highest BCUT2D eigenvalue weighted by Gasteiger charge is 2.35. The molecule has 3 aromatic heterocycles. The molecule has 0 bridgehead atoms. The fraction of sp³-hybridized carbons (Fsp3) is 0.296. The van der Waals surface area contributed by atoms with Crippen molar-refractivity contribution in [1.82, 2.24) is 29.8 Å². The Morgan fingerprint density at radius 1 is 1.15 bits per heavy atom. The molecule has 6 rings (SSSR count). The Kier molecular flexibility index (Phi) is 7.05. The molecule has 210 valence electrons. The van der Waals surface area contributed by atoms with Gasteiger partial charge in [-0.05, 0) is 31.5 Å². The van der Waals surface area contributed by atoms with Gasteiger partial charge in [0.05, 0.1) is 38.1 Å². The van der Waals surface area contributed by atoms with E-state index in [1.165, 1.54) is 0 Å². The van der Waals surface area contributed by atoms with Gasteiger partial charge in [-0.3, -0.25) is 19.8 Å². The third-order valence-corrected chi connectivity index (χ3v) is 7.79. The van der Waals surface area contributed by atoms with E-state index in [0.29, 0.717) is 52.5 Å². The van der Waals surface area contributed by atoms with Gasteiger partial charge in [-0.15, -0.1) is 0 Å². The van der Waals surface area contributed by atoms with Crippen molar-refractivity contribution in [2.45, 2.75) is 26.8 Å². The predicted molar refractivity (Wildman–Crippen MR) is 152 cm³/mol. The number of aryl methyl sites for hydroxylation is 1. The Morgan fingerprint density at radius 3 is 2.68 bits per heavy atom. The van der Waals surface area contributed by atoms with Crippen LogP contribution in [-0.2, 0) is 27.3 Å². The second kappa shape index (κ2) is 11.0. The highest BCUT2D eigenvalue weighted by atomic mass is 32.1. The lowest BCUT2D eigenvalue weighted by atomic mass is 10.2. The zero-order valence-corrected chi connectivity index (χ0v) is 23.3. The minimum atomic E-state index is -0.443. The average molecular weight is 574 g/mol. The molecule has 13 nitrogen and oxygen atoms in total. The van der Waals surface area contributed by atoms with Gasteiger partial charge < -0.3 is 19.5 Å². The first-order valence-electron chi connectivity index (χ1n) is 13.1. The van der Waals surface area contributed by atoms with Crippen LogP contribution in [0.15, 0.2) is 43.0 Å². The van der Waals surface area contributed by atoms with Gasteiger partial charge in [-0.1, -0.05) is 23.5 Å². The van der Waals surface area contributed by atoms with Crippen molar-refractivity contribution in [1.29, 1.82) is 0 Å². The number of carbonyl (C=O) groups excluding carboxylic acids is 3. The Labute approximate surface area is 239 Å². The molecule has 0 unspecified atom stereocenters. The van der Waals surface area contributed by atoms with Gasteiger partial charge in [0.1, 0.15) is 16.5 Å². The van der Waals surface area contributed by atoms with Gasteiger partial charge in [-0.25, -0.2) is 14.8 Å². The molecular weight excluding hydrogens is 546 g/mol. The topological polar surface area (TPSA) is 147 Å². The fourth-order valence-electron chi connectivity index (χ4n) is 4.81. The largest absolute Gasteiger partial charge is 0.462 e. The van der Waals surface area contributed by atoms with E-state index >= 15 is 0 Å². The SMILES string of the molecule is CCOC(=O)c1sc(Nc2nc(N3CCNC(=O)C3)c3c(n2)N(Cc2ccc(-n4ccnc4)cc2)C(=O)C3)nc1C. The third-order valence-electron chi connectivity index (χ3n) is 6.74. The van der Waals surface area contributed by atoms with Gasteiger partial charge in [0.25, 0.3) is 0 Å². The number of esters is 1. The van der Waals surface area contributed by atoms with Crippen molar-refractivity contribution in [3.05, 3.63) is 64.7 Å². The van der Waals surface area contributed by atoms with Crippen LogP contribution in [0, 0.1) is 6.92 Å². The van der Waals surface area contributed by atoms with Gasteiger partial charge >= 0.3 is 5.97 Å². The molecule has 1 aromatic carbocycles. The minimum absolute atomic E-state index is 0.109. The zero-order chi connectivity index (χ0) is 28.5. The first-order chi connectivity index (χ1) is 19.9. The number of anilines is 4. The molecule has 0 atom stereocenters. The van der Waals surface area contributed by atoms with Crippen LogP contribution in [0.25, 0.3) is 5.69 Å². The number of aromatic nitrogens is 5. The van der Waals surface area contributed by atoms with Crippen LogP contribution in [0.5, 0.6) is 0 Å². The van der Waals surface area contributed by atoms with Crippen LogP contribution in [0.4, 0.5) is 22.7 Å². The first kappa shape index (κ1) is 26.4. The standard InChI is InChI=1S/C27H27N9O4S/c1-3-40-25(39)22-16(2)30-27(41-22)33-26-31-23(34-11-9-29-20(37)14-34)19-12-21(38)36(24(19)32-26)13-17-4-6-18(7-5-17)35-10-8-28-15-35/h4-8,10,15H,3,9,11-14H2,1-2H3,(H,29,37)(H,30,31,32,33). The number of nitrogens with one attached hydrogen (secondary N) is 2. The van der Waals surface area contributed by atoms with Crippen molar-refractivity contribution >= 4 is 51.8 Å². The zero-order valence-electron chi connectivity index (χ0n) is 22.5. The summed E-state index contributed by atoms with van der Waals surface area (Å²) in [5, 5.41) is 6.35. The van der Waals surface area contributed by atoms with Gasteiger partial charge in [0, 0.05) is 36.7 Å². The Morgan fingerprint density at radius 2 is 1.95 bits per heavy atom. The maximum absolute atomic E-state index is 13.3. The van der Waals surface area contributed by atoms with E-state index in [0.717, 1.165) is 22.6 Å². The van der Waals surface area contributed by atoms with Gasteiger partial charge in [0.2, 0.25) is 17.8 Å². The van der Waals surface area contributed by atoms with Crippen LogP contribution >= 0.6 is 11.3 Å². The van der Waals surface area contributed by atoms with E-state index < -0.39 is 5.97 Å². The molecule has 0 saturated carbocycles. The van der Waals surface area contributed by atoms with E-state index in [-0.39, 0.29) is 37.3 Å². The number of thiazole rings is 1. The maximum Gasteiger partial charge on any atom is 0.350 e. The summed E-state index contributed by atoms with van der Waals surface area (Å²) in [7, 11) is 0. The smallest absolute Gasteiger partial charge is 0.350 e. The monoisotopic (exact) mass is 573 g/mol. The summed E-state index contributed by atoms with van der Waals surface area (Å²) >= 11 is 1.14. The molecule has 0 radical (unpaired) electrons. The number of amides is 2. The number of carbonyl (C=O) groups is 3. The molecule has 1 saturated heterocycles. The van der Waals surface area contributed by atoms with Gasteiger partial charge in [-0.2, -0.15) is 9.97 Å². The van der Waals surface area contributed by atoms with Crippen molar-refractivity contribution in [2.75, 3.05) is 41.4 Å². The predicted octanol–water partition coefficient (Wildman–Crippen LogP) is 2.37. The molecule has 2 aliphatic heterocycles. The molecule has 2 amide bonds. The number of nitrogens with zero attached hydrogens (tertiary/aromatic N) is 7. The Balaban J connectivity index is 1.33. The second-order valence-electron chi connectivity index (χ2n) is 9.52. The molecular formula is C27H27N9O4S. The number of benzene rings is 1. The molecule has 1 fully saturated rings. The molecule has 0 spiro atoms. The molecule has 4 aromatic rings. The normalized spacial score (nSPS) is 14.7. The Hall–Kier alpha value is -4.85. The summed E-state index contributed by atoms with van der Waals surface area (Å²) in [5.41, 5.74) is 3.09. The first-order valence-corrected chi connectivity index (χ1v) is 13.9. The van der Waals surface area contributed by atoms with Crippen LogP contribution in [0.3, 0.4) is 0 Å². The van der Waals surface area contributed by atoms with Crippen LogP contribution < -0.4 is 20.4 Å². The number of ether oxygens (including phenoxy) is 1. The molecule has 2 aliphatic rings. The summed E-state index contributed by atoms with van der Waals surface area (Å²) in [5.74, 6) is 0.545. The van der Waals surface area contributed by atoms with Gasteiger partial charge in [0.15, 0.2) is 5.13 Å². The van der Waals surface area contributed by atoms with Crippen molar-refractivity contribution < 1.29 is 19.1 Å². The number of piperazine rings is 1. The minimum Gasteiger partial charge on any atom is -0.462 e. The summed E-state index contributed by atoms with van der Waals surface area (Å²) in [6.45, 7) is 5.18. The van der Waals surface area contributed by atoms with Crippen molar-refractivity contribution in [3.8, 4) is 5.69 Å². The molecule has 2 N–H and O–H groups in total. The summed E-state index contributed by atoms with van der Waals surface area (Å²) in [4.78, 5) is 59.7. The molecule has 41 heavy (non-hydrogen) atoms. The van der Waals surface area contributed by atoms with E-state index in [1.54, 1.807) is 31.3 Å². The van der Waals surface area contributed by atoms with Crippen LogP contribution in [0.1, 0.15) is 33.4 Å². The summed E-state index contributed by atoms with van der Waals surface area (Å²) in [6, 6.07) is 7.86. The van der Waals surface area contributed by atoms with Crippen LogP contribution in [0.2, 0.25) is 0 Å². The number of hydrogen-bond donors (Lipinski definition) is 2. The maximum atomic E-state index is 13.3. The van der Waals surface area contributed by atoms with Crippen molar-refractivity contribution in [2.24, 2.45) is 0 Å². The van der Waals surface area contributed by atoms with E-state index in [2.05, 4.69) is 20.6 Å². The summed E-state index contributed by atoms with van der Waals surface area (Å²) < 4.78 is 7.03. The lowest BCUT2D eigenvalue weighted by Gasteiger charge is -2.29. The quantitative estimate of drug-likeness (QED) is 0.301. The van der Waals surface area contributed by atoms with E-state index in [9.17, 15) is 14.4 Å². The number of fused-ring (bicyclic) bond motifs is 1. The average Bonchev–Trinajstić information content (AvgIpc) is 3.69. The third kappa shape index (κ3) is 5.33. The highest BCUT2D eigenvalue weighted by molar-refractivity contribution is 7.17. The van der Waals surface area contributed by atoms with E-state index in [1.807, 2.05) is 39.9 Å². The lowest BCUT2D eigenvalue weighted by molar-refractivity contribution is -0.120. The molecule has 5 heterocycles. The Bertz CT molecular complexity index is 1620. The van der Waals surface area contributed by atoms with E-state index in [4.69, 9.17) is 14.7 Å². The molecule has 14 heteroatoms. The summed E-state index contributed by atoms with van der Waals surface area (Å²) in [6.07, 6.45) is 5.43. The number of imidazole rings is 1. The number of hydrogen-bond acceptors (Lipinski definition) is 11. The lowest BCUT2D eigenvalue weighted by Crippen LogP contribution is -2.48. The van der Waals surface area contributed by atoms with Crippen LogP contribution in [-0.4, -0.2) is 68.5 Å². The second-order valence-corrected chi connectivity index (χ2v) is 10.5.